The number of piperidine rings is 1. The molecule has 3 atom stereocenters. The second kappa shape index (κ2) is 11.2. The summed E-state index contributed by atoms with van der Waals surface area (Å²) < 4.78 is 13.6. The Balaban J connectivity index is 1.06. The molecule has 7 heteroatoms. The van der Waals surface area contributed by atoms with E-state index in [1.54, 1.807) is 11.0 Å². The maximum absolute atomic E-state index is 13.6. The predicted molar refractivity (Wildman–Crippen MR) is 157 cm³/mol. The molecule has 6 rings (SSSR count). The third kappa shape index (κ3) is 5.44. The minimum Gasteiger partial charge on any atom is -0.335 e. The smallest absolute Gasteiger partial charge is 0.318 e. The van der Waals surface area contributed by atoms with Gasteiger partial charge in [0.2, 0.25) is 5.91 Å². The van der Waals surface area contributed by atoms with Crippen LogP contribution in [-0.2, 0) is 11.3 Å². The molecule has 210 valence electrons. The van der Waals surface area contributed by atoms with E-state index >= 15 is 0 Å². The molecule has 40 heavy (non-hydrogen) atoms. The van der Waals surface area contributed by atoms with Gasteiger partial charge in [-0.05, 0) is 90.6 Å². The Bertz CT molecular complexity index is 1390. The van der Waals surface area contributed by atoms with Crippen molar-refractivity contribution in [3.8, 4) is 0 Å². The van der Waals surface area contributed by atoms with Crippen molar-refractivity contribution in [2.75, 3.05) is 11.9 Å². The van der Waals surface area contributed by atoms with Gasteiger partial charge in [-0.25, -0.2) is 9.18 Å². The third-order valence-electron chi connectivity index (χ3n) is 9.10. The van der Waals surface area contributed by atoms with Crippen LogP contribution >= 0.6 is 0 Å². The molecule has 3 amide bonds. The molecule has 0 radical (unpaired) electrons. The maximum atomic E-state index is 13.6. The van der Waals surface area contributed by atoms with Gasteiger partial charge in [-0.1, -0.05) is 50.2 Å². The summed E-state index contributed by atoms with van der Waals surface area (Å²) >= 11 is 0. The van der Waals surface area contributed by atoms with Crippen LogP contribution in [-0.4, -0.2) is 52.5 Å². The number of hydrogen-bond donors (Lipinski definition) is 2. The number of likely N-dealkylation sites (tertiary alicyclic amines) is 1. The largest absolute Gasteiger partial charge is 0.335 e. The molecule has 3 saturated heterocycles. The fraction of sp³-hybridized carbons (Fsp3) is 0.455. The van der Waals surface area contributed by atoms with Crippen molar-refractivity contribution in [3.05, 3.63) is 77.6 Å². The van der Waals surface area contributed by atoms with Crippen molar-refractivity contribution in [2.45, 2.75) is 89.0 Å². The molecule has 3 heterocycles. The summed E-state index contributed by atoms with van der Waals surface area (Å²) in [6, 6.07) is 19.5. The number of benzene rings is 3. The number of carbonyl (C=O) groups excluding carboxylic acids is 2. The van der Waals surface area contributed by atoms with Gasteiger partial charge in [-0.3, -0.25) is 9.69 Å². The number of fused-ring (bicyclic) bond motifs is 3. The average molecular weight is 543 g/mol. The molecule has 0 saturated carbocycles. The standard InChI is InChI=1S/C33H39FN4O2/c1-21(2)29-6-3-4-7-30(29)36-32(39)31-8-5-15-37(31)33(40)35-26-18-27-13-14-28(19-26)38(27)20-22-9-10-24-17-25(34)12-11-23(24)16-22/h3-4,6-7,9-12,16-17,21,26-28,31H,5,8,13-15,18-20H2,1-2H3,(H,35,40)(H,36,39)/t26?,27?,28?,31-/m0/s1. The Kier molecular flexibility index (Phi) is 7.49. The van der Waals surface area contributed by atoms with E-state index in [0.717, 1.165) is 60.7 Å². The first-order valence-electron chi connectivity index (χ1n) is 14.8. The van der Waals surface area contributed by atoms with Crippen LogP contribution in [0.2, 0.25) is 0 Å². The molecule has 2 N–H and O–H groups in total. The van der Waals surface area contributed by atoms with Crippen LogP contribution in [0.4, 0.5) is 14.9 Å². The van der Waals surface area contributed by atoms with E-state index in [-0.39, 0.29) is 23.8 Å². The summed E-state index contributed by atoms with van der Waals surface area (Å²) in [5, 5.41) is 8.38. The van der Waals surface area contributed by atoms with E-state index in [1.807, 2.05) is 36.4 Å². The lowest BCUT2D eigenvalue weighted by atomic mass is 9.96. The number of para-hydroxylation sites is 1. The van der Waals surface area contributed by atoms with Crippen LogP contribution in [0.25, 0.3) is 10.8 Å². The van der Waals surface area contributed by atoms with Gasteiger partial charge in [-0.15, -0.1) is 0 Å². The van der Waals surface area contributed by atoms with Crippen LogP contribution < -0.4 is 10.6 Å². The Hall–Kier alpha value is -3.45. The van der Waals surface area contributed by atoms with Gasteiger partial charge >= 0.3 is 6.03 Å². The van der Waals surface area contributed by atoms with Gasteiger partial charge in [0.25, 0.3) is 0 Å². The maximum Gasteiger partial charge on any atom is 0.318 e. The highest BCUT2D eigenvalue weighted by atomic mass is 19.1. The highest BCUT2D eigenvalue weighted by Gasteiger charge is 2.42. The summed E-state index contributed by atoms with van der Waals surface area (Å²) in [5.41, 5.74) is 3.17. The van der Waals surface area contributed by atoms with E-state index in [1.165, 1.54) is 11.6 Å². The van der Waals surface area contributed by atoms with Crippen LogP contribution in [0, 0.1) is 5.82 Å². The zero-order valence-electron chi connectivity index (χ0n) is 23.4. The lowest BCUT2D eigenvalue weighted by Crippen LogP contribution is -2.54. The summed E-state index contributed by atoms with van der Waals surface area (Å²) in [6.07, 6.45) is 5.64. The van der Waals surface area contributed by atoms with Crippen molar-refractivity contribution in [1.82, 2.24) is 15.1 Å². The topological polar surface area (TPSA) is 64.7 Å². The van der Waals surface area contributed by atoms with Crippen molar-refractivity contribution in [3.63, 3.8) is 0 Å². The highest BCUT2D eigenvalue weighted by molar-refractivity contribution is 5.98. The first kappa shape index (κ1) is 26.8. The second-order valence-corrected chi connectivity index (χ2v) is 12.1. The van der Waals surface area contributed by atoms with Gasteiger partial charge in [-0.2, -0.15) is 0 Å². The van der Waals surface area contributed by atoms with Gasteiger partial charge < -0.3 is 15.5 Å². The van der Waals surface area contributed by atoms with Crippen LogP contribution in [0.1, 0.15) is 69.4 Å². The summed E-state index contributed by atoms with van der Waals surface area (Å²) in [4.78, 5) is 31.0. The fourth-order valence-electron chi connectivity index (χ4n) is 7.10. The van der Waals surface area contributed by atoms with Crippen molar-refractivity contribution >= 4 is 28.4 Å². The SMILES string of the molecule is CC(C)c1ccccc1NC(=O)[C@@H]1CCCN1C(=O)NC1CC2CCC(C1)N2Cc1ccc2cc(F)ccc2c1. The number of urea groups is 1. The molecule has 0 aromatic heterocycles. The molecular weight excluding hydrogens is 503 g/mol. The number of rotatable bonds is 6. The lowest BCUT2D eigenvalue weighted by molar-refractivity contribution is -0.119. The number of carbonyl (C=O) groups is 2. The first-order valence-corrected chi connectivity index (χ1v) is 14.8. The summed E-state index contributed by atoms with van der Waals surface area (Å²) in [5.74, 6) is -0.0139. The predicted octanol–water partition coefficient (Wildman–Crippen LogP) is 6.41. The Labute approximate surface area is 235 Å². The highest BCUT2D eigenvalue weighted by Crippen LogP contribution is 2.37. The van der Waals surface area contributed by atoms with Gasteiger partial charge in [0, 0.05) is 36.9 Å². The number of nitrogens with zero attached hydrogens (tertiary/aromatic N) is 2. The van der Waals surface area contributed by atoms with Crippen LogP contribution in [0.3, 0.4) is 0 Å². The second-order valence-electron chi connectivity index (χ2n) is 12.1. The molecule has 0 spiro atoms. The van der Waals surface area contributed by atoms with E-state index in [2.05, 4.69) is 41.5 Å². The quantitative estimate of drug-likeness (QED) is 0.378. The molecule has 2 unspecified atom stereocenters. The Morgan fingerprint density at radius 2 is 1.68 bits per heavy atom. The molecule has 3 aromatic carbocycles. The number of nitrogens with one attached hydrogen (secondary N) is 2. The number of amides is 3. The van der Waals surface area contributed by atoms with Gasteiger partial charge in [0.05, 0.1) is 0 Å². The van der Waals surface area contributed by atoms with Crippen LogP contribution in [0.15, 0.2) is 60.7 Å². The average Bonchev–Trinajstić information content (AvgIpc) is 3.51. The van der Waals surface area contributed by atoms with E-state index in [9.17, 15) is 14.0 Å². The van der Waals surface area contributed by atoms with E-state index < -0.39 is 6.04 Å². The van der Waals surface area contributed by atoms with Gasteiger partial charge in [0.1, 0.15) is 11.9 Å². The lowest BCUT2D eigenvalue weighted by Gasteiger charge is -2.40. The molecule has 0 aliphatic carbocycles. The monoisotopic (exact) mass is 542 g/mol. The number of halogens is 1. The molecule has 3 aromatic rings. The molecule has 3 aliphatic heterocycles. The molecule has 2 bridgehead atoms. The molecule has 3 aliphatic rings. The Morgan fingerprint density at radius 1 is 0.950 bits per heavy atom. The van der Waals surface area contributed by atoms with Crippen molar-refractivity contribution in [1.29, 1.82) is 0 Å². The molecule has 6 nitrogen and oxygen atoms in total. The molecular formula is C33H39FN4O2. The zero-order valence-corrected chi connectivity index (χ0v) is 23.4. The number of hydrogen-bond acceptors (Lipinski definition) is 3. The minimum atomic E-state index is -0.446. The normalized spacial score (nSPS) is 24.6. The molecule has 3 fully saturated rings. The number of anilines is 1. The summed E-state index contributed by atoms with van der Waals surface area (Å²) in [6.45, 7) is 5.70. The zero-order chi connectivity index (χ0) is 27.8. The van der Waals surface area contributed by atoms with Crippen molar-refractivity contribution < 1.29 is 14.0 Å². The van der Waals surface area contributed by atoms with Crippen molar-refractivity contribution in [2.24, 2.45) is 0 Å². The van der Waals surface area contributed by atoms with E-state index in [0.29, 0.717) is 31.0 Å². The van der Waals surface area contributed by atoms with Crippen LogP contribution in [0.5, 0.6) is 0 Å². The minimum absolute atomic E-state index is 0.103. The van der Waals surface area contributed by atoms with Gasteiger partial charge in [0.15, 0.2) is 0 Å². The van der Waals surface area contributed by atoms with E-state index in [4.69, 9.17) is 0 Å². The summed E-state index contributed by atoms with van der Waals surface area (Å²) in [7, 11) is 0. The Morgan fingerprint density at radius 3 is 2.45 bits per heavy atom. The third-order valence-corrected chi connectivity index (χ3v) is 9.10. The fourth-order valence-corrected chi connectivity index (χ4v) is 7.10. The first-order chi connectivity index (χ1) is 19.4.